The van der Waals surface area contributed by atoms with Crippen LogP contribution in [0.15, 0.2) is 24.3 Å². The molecule has 0 radical (unpaired) electrons. The Kier molecular flexibility index (Phi) is 3.77. The fraction of sp³-hybridized carbons (Fsp3) is 0.300. The molecule has 0 fully saturated rings. The summed E-state index contributed by atoms with van der Waals surface area (Å²) in [7, 11) is 3.01. The molecule has 0 saturated heterocycles. The third-order valence-corrected chi connectivity index (χ3v) is 2.22. The number of amides is 1. The van der Waals surface area contributed by atoms with Gasteiger partial charge in [0.05, 0.1) is 13.7 Å². The van der Waals surface area contributed by atoms with E-state index in [0.29, 0.717) is 11.6 Å². The van der Waals surface area contributed by atoms with Crippen molar-refractivity contribution in [3.05, 3.63) is 34.9 Å². The van der Waals surface area contributed by atoms with Gasteiger partial charge in [0.2, 0.25) is 0 Å². The van der Waals surface area contributed by atoms with Crippen LogP contribution in [-0.4, -0.2) is 25.2 Å². The molecule has 0 atom stereocenters. The average molecular weight is 214 g/mol. The minimum atomic E-state index is -0.370. The number of nitrogens with zero attached hydrogens (tertiary/aromatic N) is 1. The zero-order chi connectivity index (χ0) is 10.6. The summed E-state index contributed by atoms with van der Waals surface area (Å²) in [6.45, 7) is 0.451. The van der Waals surface area contributed by atoms with Gasteiger partial charge in [0.15, 0.2) is 0 Å². The maximum Gasteiger partial charge on any atom is 0.409 e. The predicted molar refractivity (Wildman–Crippen MR) is 55.3 cm³/mol. The van der Waals surface area contributed by atoms with E-state index < -0.39 is 0 Å². The van der Waals surface area contributed by atoms with E-state index in [-0.39, 0.29) is 6.09 Å². The van der Waals surface area contributed by atoms with Crippen LogP contribution in [0.25, 0.3) is 0 Å². The van der Waals surface area contributed by atoms with Gasteiger partial charge in [0.25, 0.3) is 0 Å². The van der Waals surface area contributed by atoms with Gasteiger partial charge in [-0.2, -0.15) is 0 Å². The van der Waals surface area contributed by atoms with E-state index >= 15 is 0 Å². The Labute approximate surface area is 88.2 Å². The lowest BCUT2D eigenvalue weighted by Gasteiger charge is -2.15. The molecule has 0 spiro atoms. The van der Waals surface area contributed by atoms with Gasteiger partial charge in [-0.25, -0.2) is 4.79 Å². The quantitative estimate of drug-likeness (QED) is 0.756. The van der Waals surface area contributed by atoms with E-state index in [1.165, 1.54) is 12.0 Å². The lowest BCUT2D eigenvalue weighted by atomic mass is 10.2. The fourth-order valence-electron chi connectivity index (χ4n) is 1.10. The number of hydrogen-bond acceptors (Lipinski definition) is 2. The monoisotopic (exact) mass is 213 g/mol. The predicted octanol–water partition coefficient (Wildman–Crippen LogP) is 2.54. The van der Waals surface area contributed by atoms with Gasteiger partial charge in [0.1, 0.15) is 0 Å². The molecule has 0 unspecified atom stereocenters. The van der Waals surface area contributed by atoms with E-state index in [2.05, 4.69) is 4.74 Å². The molecular formula is C10H12ClNO2. The number of methoxy groups -OCH3 is 1. The van der Waals surface area contributed by atoms with E-state index in [0.717, 1.165) is 5.56 Å². The molecule has 1 rings (SSSR count). The molecule has 0 bridgehead atoms. The Morgan fingerprint density at radius 3 is 2.71 bits per heavy atom. The summed E-state index contributed by atoms with van der Waals surface area (Å²) in [5.74, 6) is 0. The third-order valence-electron chi connectivity index (χ3n) is 1.85. The van der Waals surface area contributed by atoms with Crippen LogP contribution in [0.3, 0.4) is 0 Å². The number of rotatable bonds is 2. The van der Waals surface area contributed by atoms with E-state index in [9.17, 15) is 4.79 Å². The number of hydrogen-bond donors (Lipinski definition) is 0. The van der Waals surface area contributed by atoms with Crippen molar-refractivity contribution in [2.45, 2.75) is 6.54 Å². The Bertz CT molecular complexity index is 328. The van der Waals surface area contributed by atoms with Crippen molar-refractivity contribution in [3.8, 4) is 0 Å². The zero-order valence-electron chi connectivity index (χ0n) is 8.16. The van der Waals surface area contributed by atoms with Crippen molar-refractivity contribution >= 4 is 17.7 Å². The van der Waals surface area contributed by atoms with Crippen molar-refractivity contribution < 1.29 is 9.53 Å². The molecule has 14 heavy (non-hydrogen) atoms. The first-order valence-corrected chi connectivity index (χ1v) is 4.55. The molecule has 1 aromatic rings. The van der Waals surface area contributed by atoms with Crippen LogP contribution < -0.4 is 0 Å². The number of carbonyl (C=O) groups excluding carboxylic acids is 1. The molecule has 0 N–H and O–H groups in total. The SMILES string of the molecule is COC(=O)N(C)Cc1ccccc1Cl. The maximum absolute atomic E-state index is 11.1. The van der Waals surface area contributed by atoms with Crippen LogP contribution in [0.1, 0.15) is 5.56 Å². The largest absolute Gasteiger partial charge is 0.453 e. The lowest BCUT2D eigenvalue weighted by molar-refractivity contribution is 0.131. The number of benzene rings is 1. The van der Waals surface area contributed by atoms with E-state index in [4.69, 9.17) is 11.6 Å². The van der Waals surface area contributed by atoms with Gasteiger partial charge >= 0.3 is 6.09 Å². The Balaban J connectivity index is 2.69. The van der Waals surface area contributed by atoms with Gasteiger partial charge in [-0.3, -0.25) is 0 Å². The number of halogens is 1. The first-order chi connectivity index (χ1) is 6.65. The molecule has 1 aromatic carbocycles. The summed E-state index contributed by atoms with van der Waals surface area (Å²) in [5, 5.41) is 0.656. The molecule has 0 aliphatic heterocycles. The highest BCUT2D eigenvalue weighted by Gasteiger charge is 2.09. The molecule has 0 aliphatic carbocycles. The normalized spacial score (nSPS) is 9.64. The van der Waals surface area contributed by atoms with E-state index in [1.807, 2.05) is 18.2 Å². The summed E-state index contributed by atoms with van der Waals surface area (Å²) >= 11 is 5.94. The molecule has 0 saturated carbocycles. The van der Waals surface area contributed by atoms with Crippen LogP contribution in [-0.2, 0) is 11.3 Å². The maximum atomic E-state index is 11.1. The second-order valence-electron chi connectivity index (χ2n) is 2.92. The minimum Gasteiger partial charge on any atom is -0.453 e. The minimum absolute atomic E-state index is 0.370. The molecular weight excluding hydrogens is 202 g/mol. The fourth-order valence-corrected chi connectivity index (χ4v) is 1.30. The van der Waals surface area contributed by atoms with Crippen molar-refractivity contribution in [3.63, 3.8) is 0 Å². The van der Waals surface area contributed by atoms with Gasteiger partial charge in [-0.1, -0.05) is 29.8 Å². The van der Waals surface area contributed by atoms with Gasteiger partial charge in [0, 0.05) is 12.1 Å². The second kappa shape index (κ2) is 4.86. The average Bonchev–Trinajstić information content (AvgIpc) is 2.20. The molecule has 4 heteroatoms. The van der Waals surface area contributed by atoms with Gasteiger partial charge in [-0.15, -0.1) is 0 Å². The van der Waals surface area contributed by atoms with Crippen LogP contribution in [0.5, 0.6) is 0 Å². The highest BCUT2D eigenvalue weighted by molar-refractivity contribution is 6.31. The molecule has 0 aliphatic rings. The Morgan fingerprint density at radius 2 is 2.14 bits per heavy atom. The summed E-state index contributed by atoms with van der Waals surface area (Å²) in [6.07, 6.45) is -0.370. The highest BCUT2D eigenvalue weighted by Crippen LogP contribution is 2.16. The van der Waals surface area contributed by atoms with Crippen LogP contribution in [0.4, 0.5) is 4.79 Å². The smallest absolute Gasteiger partial charge is 0.409 e. The van der Waals surface area contributed by atoms with Crippen molar-refractivity contribution in [1.29, 1.82) is 0 Å². The Hall–Kier alpha value is -1.22. The van der Waals surface area contributed by atoms with Crippen LogP contribution >= 0.6 is 11.6 Å². The van der Waals surface area contributed by atoms with Crippen molar-refractivity contribution in [2.24, 2.45) is 0 Å². The Morgan fingerprint density at radius 1 is 1.50 bits per heavy atom. The van der Waals surface area contributed by atoms with Gasteiger partial charge < -0.3 is 9.64 Å². The number of ether oxygens (including phenoxy) is 1. The van der Waals surface area contributed by atoms with Gasteiger partial charge in [-0.05, 0) is 11.6 Å². The van der Waals surface area contributed by atoms with Crippen molar-refractivity contribution in [1.82, 2.24) is 4.90 Å². The van der Waals surface area contributed by atoms with Crippen LogP contribution in [0.2, 0.25) is 5.02 Å². The van der Waals surface area contributed by atoms with Crippen LogP contribution in [0, 0.1) is 0 Å². The summed E-state index contributed by atoms with van der Waals surface area (Å²) in [6, 6.07) is 7.40. The summed E-state index contributed by atoms with van der Waals surface area (Å²) < 4.78 is 4.57. The molecule has 3 nitrogen and oxygen atoms in total. The molecule has 0 heterocycles. The molecule has 76 valence electrons. The molecule has 1 amide bonds. The topological polar surface area (TPSA) is 29.5 Å². The third kappa shape index (κ3) is 2.64. The summed E-state index contributed by atoms with van der Waals surface area (Å²) in [4.78, 5) is 12.5. The molecule has 0 aromatic heterocycles. The number of carbonyl (C=O) groups is 1. The highest BCUT2D eigenvalue weighted by atomic mass is 35.5. The second-order valence-corrected chi connectivity index (χ2v) is 3.32. The van der Waals surface area contributed by atoms with Crippen molar-refractivity contribution in [2.75, 3.05) is 14.2 Å². The zero-order valence-corrected chi connectivity index (χ0v) is 8.91. The van der Waals surface area contributed by atoms with E-state index in [1.54, 1.807) is 13.1 Å². The lowest BCUT2D eigenvalue weighted by Crippen LogP contribution is -2.25. The first-order valence-electron chi connectivity index (χ1n) is 4.17. The first kappa shape index (κ1) is 10.9. The summed E-state index contributed by atoms with van der Waals surface area (Å²) in [5.41, 5.74) is 0.905. The standard InChI is InChI=1S/C10H12ClNO2/c1-12(10(13)14-2)7-8-5-3-4-6-9(8)11/h3-6H,7H2,1-2H3.